The van der Waals surface area contributed by atoms with Gasteiger partial charge in [0.2, 0.25) is 5.01 Å². The number of nitrogens with zero attached hydrogens (tertiary/aromatic N) is 2. The Hall–Kier alpha value is -3.30. The number of hydrogen-bond acceptors (Lipinski definition) is 7. The van der Waals surface area contributed by atoms with Gasteiger partial charge >= 0.3 is 0 Å². The van der Waals surface area contributed by atoms with E-state index in [-0.39, 0.29) is 23.4 Å². The van der Waals surface area contributed by atoms with Crippen molar-refractivity contribution in [2.24, 2.45) is 0 Å². The molecule has 2 N–H and O–H groups in total. The largest absolute Gasteiger partial charge is 0.486 e. The van der Waals surface area contributed by atoms with Crippen molar-refractivity contribution in [3.05, 3.63) is 69.2 Å². The molecule has 0 aliphatic rings. The number of nitrogens with one attached hydrogen (secondary N) is 2. The van der Waals surface area contributed by atoms with Crippen LogP contribution in [0.2, 0.25) is 0 Å². The molecule has 0 aliphatic heterocycles. The van der Waals surface area contributed by atoms with Crippen LogP contribution in [-0.2, 0) is 11.3 Å². The van der Waals surface area contributed by atoms with E-state index in [4.69, 9.17) is 9.47 Å². The number of hydrogen-bond donors (Lipinski definition) is 2. The van der Waals surface area contributed by atoms with Crippen molar-refractivity contribution in [3.8, 4) is 5.75 Å². The molecule has 2 aromatic carbocycles. The fourth-order valence-electron chi connectivity index (χ4n) is 2.82. The lowest BCUT2D eigenvalue weighted by atomic mass is 10.1. The molecule has 0 aliphatic carbocycles. The number of benzene rings is 2. The number of aryl methyl sites for hydroxylation is 2. The van der Waals surface area contributed by atoms with Crippen molar-refractivity contribution in [2.75, 3.05) is 25.6 Å². The number of anilines is 1. The predicted octanol–water partition coefficient (Wildman–Crippen LogP) is 3.36. The lowest BCUT2D eigenvalue weighted by molar-refractivity contribution is 0.0936. The zero-order valence-electron chi connectivity index (χ0n) is 17.6. The molecule has 0 radical (unpaired) electrons. The molecule has 0 fully saturated rings. The van der Waals surface area contributed by atoms with E-state index in [0.717, 1.165) is 16.9 Å². The van der Waals surface area contributed by atoms with Crippen molar-refractivity contribution < 1.29 is 19.1 Å². The first-order chi connectivity index (χ1) is 14.9. The highest BCUT2D eigenvalue weighted by Crippen LogP contribution is 2.19. The normalized spacial score (nSPS) is 10.5. The fraction of sp³-hybridized carbons (Fsp3) is 0.273. The molecular formula is C22H24N4O4S. The Morgan fingerprint density at radius 1 is 1.00 bits per heavy atom. The van der Waals surface area contributed by atoms with E-state index < -0.39 is 0 Å². The first kappa shape index (κ1) is 22.4. The van der Waals surface area contributed by atoms with Crippen LogP contribution in [0.4, 0.5) is 5.69 Å². The smallest absolute Gasteiger partial charge is 0.286 e. The van der Waals surface area contributed by atoms with Crippen molar-refractivity contribution in [2.45, 2.75) is 20.5 Å². The molecular weight excluding hydrogens is 416 g/mol. The third-order valence-corrected chi connectivity index (χ3v) is 5.11. The van der Waals surface area contributed by atoms with Gasteiger partial charge in [0, 0.05) is 24.9 Å². The van der Waals surface area contributed by atoms with Crippen molar-refractivity contribution in [1.82, 2.24) is 15.5 Å². The molecule has 0 unspecified atom stereocenters. The molecule has 0 atom stereocenters. The quantitative estimate of drug-likeness (QED) is 0.495. The van der Waals surface area contributed by atoms with Gasteiger partial charge in [-0.3, -0.25) is 9.59 Å². The number of carbonyl (C=O) groups excluding carboxylic acids is 2. The molecule has 1 heterocycles. The highest BCUT2D eigenvalue weighted by molar-refractivity contribution is 7.13. The number of amides is 2. The molecule has 0 saturated carbocycles. The molecule has 3 rings (SSSR count). The lowest BCUT2D eigenvalue weighted by Gasteiger charge is -2.06. The lowest BCUT2D eigenvalue weighted by Crippen LogP contribution is -2.26. The number of methoxy groups -OCH3 is 1. The zero-order valence-corrected chi connectivity index (χ0v) is 18.4. The minimum atomic E-state index is -0.368. The van der Waals surface area contributed by atoms with Gasteiger partial charge in [-0.15, -0.1) is 10.2 Å². The third-order valence-electron chi connectivity index (χ3n) is 4.22. The molecule has 1 aromatic heterocycles. The second kappa shape index (κ2) is 10.6. The summed E-state index contributed by atoms with van der Waals surface area (Å²) in [5.41, 5.74) is 3.29. The monoisotopic (exact) mass is 440 g/mol. The first-order valence-electron chi connectivity index (χ1n) is 9.66. The van der Waals surface area contributed by atoms with Gasteiger partial charge in [-0.25, -0.2) is 0 Å². The Balaban J connectivity index is 1.54. The first-order valence-corrected chi connectivity index (χ1v) is 10.5. The average Bonchev–Trinajstić information content (AvgIpc) is 3.21. The van der Waals surface area contributed by atoms with Crippen LogP contribution in [0.15, 0.2) is 42.5 Å². The van der Waals surface area contributed by atoms with Crippen molar-refractivity contribution in [1.29, 1.82) is 0 Å². The Morgan fingerprint density at radius 3 is 2.39 bits per heavy atom. The Bertz CT molecular complexity index is 1030. The molecule has 0 saturated heterocycles. The number of ether oxygens (including phenoxy) is 2. The molecule has 0 bridgehead atoms. The van der Waals surface area contributed by atoms with E-state index in [1.165, 1.54) is 11.3 Å². The van der Waals surface area contributed by atoms with E-state index in [2.05, 4.69) is 26.9 Å². The second-order valence-electron chi connectivity index (χ2n) is 6.89. The van der Waals surface area contributed by atoms with E-state index in [1.54, 1.807) is 31.4 Å². The van der Waals surface area contributed by atoms with Crippen LogP contribution >= 0.6 is 11.3 Å². The van der Waals surface area contributed by atoms with Gasteiger partial charge in [0.05, 0.1) is 6.61 Å². The SMILES string of the molecule is COCCNC(=O)c1ccc(NC(=O)c2nnc(COc3cc(C)cc(C)c3)s2)cc1. The standard InChI is InChI=1S/C22H24N4O4S/c1-14-10-15(2)12-18(11-14)30-13-19-25-26-22(31-19)21(28)24-17-6-4-16(5-7-17)20(27)23-8-9-29-3/h4-7,10-12H,8-9,13H2,1-3H3,(H,23,27)(H,24,28). The minimum Gasteiger partial charge on any atom is -0.486 e. The van der Waals surface area contributed by atoms with Gasteiger partial charge < -0.3 is 20.1 Å². The Labute approximate surface area is 184 Å². The van der Waals surface area contributed by atoms with Crippen LogP contribution in [0, 0.1) is 13.8 Å². The summed E-state index contributed by atoms with van der Waals surface area (Å²) in [6.07, 6.45) is 0. The predicted molar refractivity (Wildman–Crippen MR) is 119 cm³/mol. The summed E-state index contributed by atoms with van der Waals surface area (Å²) in [7, 11) is 1.57. The summed E-state index contributed by atoms with van der Waals surface area (Å²) < 4.78 is 10.7. The average molecular weight is 441 g/mol. The summed E-state index contributed by atoms with van der Waals surface area (Å²) >= 11 is 1.17. The maximum absolute atomic E-state index is 12.4. The number of aromatic nitrogens is 2. The van der Waals surface area contributed by atoms with Gasteiger partial charge in [0.15, 0.2) is 5.01 Å². The summed E-state index contributed by atoms with van der Waals surface area (Å²) in [4.78, 5) is 24.4. The van der Waals surface area contributed by atoms with Gasteiger partial charge in [0.1, 0.15) is 12.4 Å². The summed E-state index contributed by atoms with van der Waals surface area (Å²) in [6.45, 7) is 5.13. The maximum atomic E-state index is 12.4. The summed E-state index contributed by atoms with van der Waals surface area (Å²) in [5, 5.41) is 14.3. The van der Waals surface area contributed by atoms with Crippen molar-refractivity contribution >= 4 is 28.8 Å². The van der Waals surface area contributed by atoms with Crippen LogP contribution in [-0.4, -0.2) is 42.3 Å². The van der Waals surface area contributed by atoms with Crippen LogP contribution in [0.5, 0.6) is 5.75 Å². The maximum Gasteiger partial charge on any atom is 0.286 e. The molecule has 2 amide bonds. The van der Waals surface area contributed by atoms with Crippen LogP contribution < -0.4 is 15.4 Å². The van der Waals surface area contributed by atoms with E-state index >= 15 is 0 Å². The van der Waals surface area contributed by atoms with Gasteiger partial charge in [-0.05, 0) is 61.4 Å². The molecule has 9 heteroatoms. The summed E-state index contributed by atoms with van der Waals surface area (Å²) in [5.74, 6) is 0.185. The zero-order chi connectivity index (χ0) is 22.2. The fourth-order valence-corrected chi connectivity index (χ4v) is 3.47. The highest BCUT2D eigenvalue weighted by atomic mass is 32.1. The van der Waals surface area contributed by atoms with Crippen molar-refractivity contribution in [3.63, 3.8) is 0 Å². The van der Waals surface area contributed by atoms with E-state index in [9.17, 15) is 9.59 Å². The van der Waals surface area contributed by atoms with Gasteiger partial charge in [-0.1, -0.05) is 17.4 Å². The van der Waals surface area contributed by atoms with Gasteiger partial charge in [-0.2, -0.15) is 0 Å². The molecule has 162 valence electrons. The molecule has 3 aromatic rings. The highest BCUT2D eigenvalue weighted by Gasteiger charge is 2.14. The van der Waals surface area contributed by atoms with Crippen LogP contribution in [0.1, 0.15) is 36.3 Å². The van der Waals surface area contributed by atoms with Crippen LogP contribution in [0.3, 0.4) is 0 Å². The third kappa shape index (κ3) is 6.59. The number of rotatable bonds is 9. The summed E-state index contributed by atoms with van der Waals surface area (Å²) in [6, 6.07) is 12.6. The molecule has 8 nitrogen and oxygen atoms in total. The molecule has 0 spiro atoms. The van der Waals surface area contributed by atoms with E-state index in [1.807, 2.05) is 26.0 Å². The Kier molecular flexibility index (Phi) is 7.69. The topological polar surface area (TPSA) is 102 Å². The number of carbonyl (C=O) groups is 2. The van der Waals surface area contributed by atoms with E-state index in [0.29, 0.717) is 29.4 Å². The molecule has 31 heavy (non-hydrogen) atoms. The van der Waals surface area contributed by atoms with Crippen LogP contribution in [0.25, 0.3) is 0 Å². The second-order valence-corrected chi connectivity index (χ2v) is 7.96. The van der Waals surface area contributed by atoms with Gasteiger partial charge in [0.25, 0.3) is 11.8 Å². The minimum absolute atomic E-state index is 0.201. The Morgan fingerprint density at radius 2 is 1.71 bits per heavy atom.